The van der Waals surface area contributed by atoms with Crippen molar-refractivity contribution in [3.05, 3.63) is 33.9 Å². The number of nitrogens with zero attached hydrogens (tertiary/aromatic N) is 2. The number of amides is 1. The maximum absolute atomic E-state index is 12.4. The molecule has 1 aromatic rings. The van der Waals surface area contributed by atoms with Gasteiger partial charge in [-0.1, -0.05) is 6.92 Å². The largest absolute Gasteiger partial charge is 0.502 e. The maximum atomic E-state index is 12.4. The topological polar surface area (TPSA) is 104 Å². The van der Waals surface area contributed by atoms with Crippen LogP contribution in [0.25, 0.3) is 0 Å². The number of aliphatic hydroxyl groups excluding tert-OH is 1. The molecule has 0 aromatic heterocycles. The van der Waals surface area contributed by atoms with Gasteiger partial charge >= 0.3 is 5.69 Å². The Hall–Kier alpha value is -2.15. The summed E-state index contributed by atoms with van der Waals surface area (Å²) in [4.78, 5) is 24.0. The molecule has 114 valence electrons. The summed E-state index contributed by atoms with van der Waals surface area (Å²) in [6.45, 7) is 2.92. The van der Waals surface area contributed by atoms with Crippen LogP contribution < -0.4 is 0 Å². The Balaban J connectivity index is 2.20. The van der Waals surface area contributed by atoms with E-state index in [0.29, 0.717) is 13.1 Å². The summed E-state index contributed by atoms with van der Waals surface area (Å²) >= 11 is 0. The number of phenolic OH excluding ortho intramolecular Hbond substituents is 1. The van der Waals surface area contributed by atoms with Crippen molar-refractivity contribution in [3.8, 4) is 5.75 Å². The van der Waals surface area contributed by atoms with E-state index in [4.69, 9.17) is 0 Å². The number of likely N-dealkylation sites (tertiary alicyclic amines) is 1. The molecule has 0 unspecified atom stereocenters. The molecule has 7 nitrogen and oxygen atoms in total. The van der Waals surface area contributed by atoms with Gasteiger partial charge in [0.15, 0.2) is 5.75 Å². The Bertz CT molecular complexity index is 574. The molecule has 1 amide bonds. The number of piperidine rings is 1. The van der Waals surface area contributed by atoms with Crippen LogP contribution in [-0.4, -0.2) is 45.6 Å². The summed E-state index contributed by atoms with van der Waals surface area (Å²) < 4.78 is 0. The lowest BCUT2D eigenvalue weighted by Gasteiger charge is -2.39. The smallest absolute Gasteiger partial charge is 0.310 e. The predicted octanol–water partition coefficient (Wildman–Crippen LogP) is 1.53. The fourth-order valence-electron chi connectivity index (χ4n) is 2.61. The molecule has 1 heterocycles. The highest BCUT2D eigenvalue weighted by Gasteiger charge is 2.33. The Morgan fingerprint density at radius 2 is 2.24 bits per heavy atom. The SMILES string of the molecule is C[C@]1(CO)CCCN(C(=O)c2ccc([N+](=O)[O-])c(O)c2)C1. The number of aromatic hydroxyl groups is 1. The zero-order valence-electron chi connectivity index (χ0n) is 11.8. The van der Waals surface area contributed by atoms with Crippen LogP contribution >= 0.6 is 0 Å². The Kier molecular flexibility index (Phi) is 4.13. The van der Waals surface area contributed by atoms with Gasteiger partial charge in [-0.15, -0.1) is 0 Å². The fraction of sp³-hybridized carbons (Fsp3) is 0.500. The van der Waals surface area contributed by atoms with Crippen molar-refractivity contribution >= 4 is 11.6 Å². The van der Waals surface area contributed by atoms with Gasteiger partial charge in [-0.05, 0) is 25.0 Å². The Morgan fingerprint density at radius 1 is 1.52 bits per heavy atom. The highest BCUT2D eigenvalue weighted by atomic mass is 16.6. The van der Waals surface area contributed by atoms with E-state index in [1.807, 2.05) is 6.92 Å². The molecule has 1 saturated heterocycles. The second-order valence-corrected chi connectivity index (χ2v) is 5.76. The molecule has 0 aliphatic carbocycles. The lowest BCUT2D eigenvalue weighted by molar-refractivity contribution is -0.385. The minimum absolute atomic E-state index is 0.00227. The van der Waals surface area contributed by atoms with E-state index < -0.39 is 16.4 Å². The summed E-state index contributed by atoms with van der Waals surface area (Å²) in [5.41, 5.74) is -0.540. The van der Waals surface area contributed by atoms with Crippen LogP contribution in [0.1, 0.15) is 30.1 Å². The second kappa shape index (κ2) is 5.69. The molecular formula is C14H18N2O5. The first-order valence-electron chi connectivity index (χ1n) is 6.74. The quantitative estimate of drug-likeness (QED) is 0.650. The van der Waals surface area contributed by atoms with Crippen LogP contribution in [-0.2, 0) is 0 Å². The third kappa shape index (κ3) is 3.13. The molecule has 1 aliphatic heterocycles. The van der Waals surface area contributed by atoms with Gasteiger partial charge in [0.2, 0.25) is 0 Å². The van der Waals surface area contributed by atoms with Gasteiger partial charge in [0.05, 0.1) is 11.5 Å². The van der Waals surface area contributed by atoms with Gasteiger partial charge in [0.1, 0.15) is 0 Å². The number of hydrogen-bond donors (Lipinski definition) is 2. The van der Waals surface area contributed by atoms with Crippen LogP contribution in [0.15, 0.2) is 18.2 Å². The van der Waals surface area contributed by atoms with E-state index in [1.165, 1.54) is 6.07 Å². The number of aliphatic hydroxyl groups is 1. The number of carbonyl (C=O) groups excluding carboxylic acids is 1. The van der Waals surface area contributed by atoms with Crippen molar-refractivity contribution in [2.24, 2.45) is 5.41 Å². The molecule has 21 heavy (non-hydrogen) atoms. The molecule has 0 saturated carbocycles. The van der Waals surface area contributed by atoms with E-state index in [0.717, 1.165) is 25.0 Å². The third-order valence-electron chi connectivity index (χ3n) is 3.87. The Morgan fingerprint density at radius 3 is 2.81 bits per heavy atom. The van der Waals surface area contributed by atoms with Crippen molar-refractivity contribution in [2.75, 3.05) is 19.7 Å². The van der Waals surface area contributed by atoms with Gasteiger partial charge in [-0.3, -0.25) is 14.9 Å². The number of rotatable bonds is 3. The van der Waals surface area contributed by atoms with E-state index in [1.54, 1.807) is 4.90 Å². The van der Waals surface area contributed by atoms with Crippen LogP contribution in [0.4, 0.5) is 5.69 Å². The summed E-state index contributed by atoms with van der Waals surface area (Å²) in [6, 6.07) is 3.58. The summed E-state index contributed by atoms with van der Waals surface area (Å²) in [5, 5.41) is 29.7. The molecule has 2 N–H and O–H groups in total. The minimum Gasteiger partial charge on any atom is -0.502 e. The average Bonchev–Trinajstić information content (AvgIpc) is 2.46. The number of hydrogen-bond acceptors (Lipinski definition) is 5. The number of nitro benzene ring substituents is 1. The zero-order valence-corrected chi connectivity index (χ0v) is 11.8. The van der Waals surface area contributed by atoms with E-state index in [-0.39, 0.29) is 23.5 Å². The number of carbonyl (C=O) groups is 1. The lowest BCUT2D eigenvalue weighted by Crippen LogP contribution is -2.46. The van der Waals surface area contributed by atoms with Crippen molar-refractivity contribution in [1.29, 1.82) is 0 Å². The molecule has 0 bridgehead atoms. The highest BCUT2D eigenvalue weighted by molar-refractivity contribution is 5.95. The second-order valence-electron chi connectivity index (χ2n) is 5.76. The monoisotopic (exact) mass is 294 g/mol. The maximum Gasteiger partial charge on any atom is 0.310 e. The number of phenols is 1. The summed E-state index contributed by atoms with van der Waals surface area (Å²) in [7, 11) is 0. The fourth-order valence-corrected chi connectivity index (χ4v) is 2.61. The summed E-state index contributed by atoms with van der Waals surface area (Å²) in [6.07, 6.45) is 1.64. The van der Waals surface area contributed by atoms with Gasteiger partial charge < -0.3 is 15.1 Å². The summed E-state index contributed by atoms with van der Waals surface area (Å²) in [5.74, 6) is -0.813. The van der Waals surface area contributed by atoms with Gasteiger partial charge in [-0.25, -0.2) is 0 Å². The molecule has 1 aliphatic rings. The molecular weight excluding hydrogens is 276 g/mol. The predicted molar refractivity (Wildman–Crippen MR) is 75.1 cm³/mol. The van der Waals surface area contributed by atoms with Crippen LogP contribution in [0, 0.1) is 15.5 Å². The molecule has 1 atom stereocenters. The number of benzene rings is 1. The van der Waals surface area contributed by atoms with Crippen molar-refractivity contribution < 1.29 is 19.9 Å². The molecule has 0 radical (unpaired) electrons. The molecule has 1 fully saturated rings. The van der Waals surface area contributed by atoms with E-state index in [2.05, 4.69) is 0 Å². The first-order valence-corrected chi connectivity index (χ1v) is 6.74. The van der Waals surface area contributed by atoms with Gasteiger partial charge in [0, 0.05) is 30.1 Å². The van der Waals surface area contributed by atoms with E-state index >= 15 is 0 Å². The normalized spacial score (nSPS) is 22.1. The Labute approximate surface area is 122 Å². The molecule has 1 aromatic carbocycles. The van der Waals surface area contributed by atoms with E-state index in [9.17, 15) is 25.1 Å². The first kappa shape index (κ1) is 15.2. The van der Waals surface area contributed by atoms with Crippen molar-refractivity contribution in [2.45, 2.75) is 19.8 Å². The van der Waals surface area contributed by atoms with Crippen molar-refractivity contribution in [3.63, 3.8) is 0 Å². The molecule has 7 heteroatoms. The third-order valence-corrected chi connectivity index (χ3v) is 3.87. The number of nitro groups is 1. The van der Waals surface area contributed by atoms with Crippen molar-refractivity contribution in [1.82, 2.24) is 4.90 Å². The average molecular weight is 294 g/mol. The standard InChI is InChI=1S/C14H18N2O5/c1-14(9-17)5-2-6-15(8-14)13(19)10-3-4-11(16(20)21)12(18)7-10/h3-4,7,17-18H,2,5-6,8-9H2,1H3/t14-/m0/s1. The highest BCUT2D eigenvalue weighted by Crippen LogP contribution is 2.31. The molecule has 0 spiro atoms. The van der Waals surface area contributed by atoms with Crippen LogP contribution in [0.2, 0.25) is 0 Å². The van der Waals surface area contributed by atoms with Gasteiger partial charge in [-0.2, -0.15) is 0 Å². The zero-order chi connectivity index (χ0) is 15.6. The van der Waals surface area contributed by atoms with Gasteiger partial charge in [0.25, 0.3) is 5.91 Å². The minimum atomic E-state index is -0.701. The molecule has 2 rings (SSSR count). The van der Waals surface area contributed by atoms with Crippen LogP contribution in [0.5, 0.6) is 5.75 Å². The van der Waals surface area contributed by atoms with Crippen LogP contribution in [0.3, 0.4) is 0 Å². The lowest BCUT2D eigenvalue weighted by atomic mass is 9.82. The first-order chi connectivity index (χ1) is 9.86.